The molecule has 0 atom stereocenters. The van der Waals surface area contributed by atoms with Crippen LogP contribution >= 0.6 is 31.9 Å². The average Bonchev–Trinajstić information content (AvgIpc) is 2.08. The molecule has 0 amide bonds. The van der Waals surface area contributed by atoms with Gasteiger partial charge in [0.1, 0.15) is 0 Å². The predicted molar refractivity (Wildman–Crippen MR) is 62.6 cm³/mol. The van der Waals surface area contributed by atoms with Crippen LogP contribution in [-0.4, -0.2) is 17.6 Å². The van der Waals surface area contributed by atoms with Crippen LogP contribution in [0.4, 0.5) is 5.69 Å². The topological polar surface area (TPSA) is 49.3 Å². The van der Waals surface area contributed by atoms with Gasteiger partial charge in [-0.2, -0.15) is 0 Å². The van der Waals surface area contributed by atoms with E-state index < -0.39 is 5.97 Å². The van der Waals surface area contributed by atoms with Crippen LogP contribution in [0.3, 0.4) is 0 Å². The lowest BCUT2D eigenvalue weighted by atomic mass is 10.3. The van der Waals surface area contributed by atoms with Crippen molar-refractivity contribution in [1.82, 2.24) is 0 Å². The molecule has 2 N–H and O–H groups in total. The van der Waals surface area contributed by atoms with E-state index in [0.717, 1.165) is 14.6 Å². The van der Waals surface area contributed by atoms with Crippen LogP contribution in [0.2, 0.25) is 0 Å². The minimum atomic E-state index is -0.800. The summed E-state index contributed by atoms with van der Waals surface area (Å²) in [6.45, 7) is 0.426. The second-order valence-corrected chi connectivity index (χ2v) is 4.46. The molecule has 14 heavy (non-hydrogen) atoms. The molecule has 0 saturated carbocycles. The fourth-order valence-electron chi connectivity index (χ4n) is 0.937. The van der Waals surface area contributed by atoms with E-state index in [0.29, 0.717) is 6.54 Å². The van der Waals surface area contributed by atoms with Crippen molar-refractivity contribution in [3.05, 3.63) is 27.1 Å². The molecule has 0 bridgehead atoms. The summed E-state index contributed by atoms with van der Waals surface area (Å²) in [6, 6.07) is 5.69. The number of carboxylic acids is 1. The highest BCUT2D eigenvalue weighted by Crippen LogP contribution is 2.25. The SMILES string of the molecule is O=C(O)CCNc1ccc(Br)cc1Br. The van der Waals surface area contributed by atoms with Crippen LogP contribution in [0, 0.1) is 0 Å². The minimum Gasteiger partial charge on any atom is -0.481 e. The van der Waals surface area contributed by atoms with Crippen molar-refractivity contribution in [1.29, 1.82) is 0 Å². The number of carboxylic acid groups (broad SMARTS) is 1. The zero-order valence-electron chi connectivity index (χ0n) is 7.26. The van der Waals surface area contributed by atoms with Gasteiger partial charge in [0.05, 0.1) is 6.42 Å². The Balaban J connectivity index is 2.55. The Bertz CT molecular complexity index is 342. The van der Waals surface area contributed by atoms with E-state index >= 15 is 0 Å². The molecule has 0 saturated heterocycles. The molecule has 76 valence electrons. The smallest absolute Gasteiger partial charge is 0.305 e. The third-order valence-corrected chi connectivity index (χ3v) is 2.73. The molecule has 1 aromatic carbocycles. The van der Waals surface area contributed by atoms with E-state index in [9.17, 15) is 4.79 Å². The van der Waals surface area contributed by atoms with Gasteiger partial charge in [0.15, 0.2) is 0 Å². The summed E-state index contributed by atoms with van der Waals surface area (Å²) in [6.07, 6.45) is 0.114. The summed E-state index contributed by atoms with van der Waals surface area (Å²) in [7, 11) is 0. The molecule has 0 heterocycles. The first kappa shape index (κ1) is 11.5. The van der Waals surface area contributed by atoms with Gasteiger partial charge in [0, 0.05) is 21.2 Å². The van der Waals surface area contributed by atoms with Gasteiger partial charge < -0.3 is 10.4 Å². The van der Waals surface area contributed by atoms with Crippen LogP contribution in [0.5, 0.6) is 0 Å². The van der Waals surface area contributed by atoms with Gasteiger partial charge in [0.2, 0.25) is 0 Å². The highest BCUT2D eigenvalue weighted by molar-refractivity contribution is 9.11. The molecular formula is C9H9Br2NO2. The summed E-state index contributed by atoms with van der Waals surface area (Å²) in [5.74, 6) is -0.800. The summed E-state index contributed by atoms with van der Waals surface area (Å²) in [5, 5.41) is 11.5. The average molecular weight is 323 g/mol. The Morgan fingerprint density at radius 2 is 2.14 bits per heavy atom. The van der Waals surface area contributed by atoms with Gasteiger partial charge in [0.25, 0.3) is 0 Å². The maximum absolute atomic E-state index is 10.3. The third kappa shape index (κ3) is 3.67. The Morgan fingerprint density at radius 3 is 2.71 bits per heavy atom. The van der Waals surface area contributed by atoms with E-state index in [1.165, 1.54) is 0 Å². The van der Waals surface area contributed by atoms with Crippen LogP contribution in [0.25, 0.3) is 0 Å². The molecule has 1 aromatic rings. The number of hydrogen-bond acceptors (Lipinski definition) is 2. The van der Waals surface area contributed by atoms with Crippen LogP contribution in [0.1, 0.15) is 6.42 Å². The number of aliphatic carboxylic acids is 1. The summed E-state index contributed by atoms with van der Waals surface area (Å²) >= 11 is 6.71. The lowest BCUT2D eigenvalue weighted by Gasteiger charge is -2.07. The molecule has 0 spiro atoms. The number of carbonyl (C=O) groups is 1. The molecule has 0 aromatic heterocycles. The molecule has 0 aliphatic carbocycles. The standard InChI is InChI=1S/C9H9Br2NO2/c10-6-1-2-8(7(11)5-6)12-4-3-9(13)14/h1-2,5,12H,3-4H2,(H,13,14). The van der Waals surface area contributed by atoms with Gasteiger partial charge in [-0.1, -0.05) is 15.9 Å². The lowest BCUT2D eigenvalue weighted by molar-refractivity contribution is -0.136. The van der Waals surface area contributed by atoms with E-state index in [2.05, 4.69) is 37.2 Å². The Labute approximate surface area is 98.8 Å². The van der Waals surface area contributed by atoms with E-state index in [4.69, 9.17) is 5.11 Å². The largest absolute Gasteiger partial charge is 0.481 e. The van der Waals surface area contributed by atoms with Gasteiger partial charge in [-0.3, -0.25) is 4.79 Å². The Hall–Kier alpha value is -0.550. The highest BCUT2D eigenvalue weighted by atomic mass is 79.9. The molecule has 0 fully saturated rings. The first-order valence-corrected chi connectivity index (χ1v) is 5.59. The normalized spacial score (nSPS) is 9.86. The van der Waals surface area contributed by atoms with E-state index in [1.807, 2.05) is 18.2 Å². The maximum Gasteiger partial charge on any atom is 0.305 e. The number of rotatable bonds is 4. The number of halogens is 2. The Kier molecular flexibility index (Phi) is 4.41. The van der Waals surface area contributed by atoms with Crippen molar-refractivity contribution >= 4 is 43.5 Å². The van der Waals surface area contributed by atoms with Crippen LogP contribution in [-0.2, 0) is 4.79 Å². The third-order valence-electron chi connectivity index (χ3n) is 1.59. The van der Waals surface area contributed by atoms with Gasteiger partial charge in [-0.05, 0) is 34.1 Å². The monoisotopic (exact) mass is 321 g/mol. The molecule has 0 unspecified atom stereocenters. The number of nitrogens with one attached hydrogen (secondary N) is 1. The van der Waals surface area contributed by atoms with E-state index in [-0.39, 0.29) is 6.42 Å². The number of anilines is 1. The first-order chi connectivity index (χ1) is 6.59. The fraction of sp³-hybridized carbons (Fsp3) is 0.222. The maximum atomic E-state index is 10.3. The molecule has 3 nitrogen and oxygen atoms in total. The van der Waals surface area contributed by atoms with Crippen molar-refractivity contribution < 1.29 is 9.90 Å². The minimum absolute atomic E-state index is 0.114. The van der Waals surface area contributed by atoms with Crippen LogP contribution < -0.4 is 5.32 Å². The van der Waals surface area contributed by atoms with Gasteiger partial charge in [-0.15, -0.1) is 0 Å². The highest BCUT2D eigenvalue weighted by Gasteiger charge is 2.01. The molecular weight excluding hydrogens is 314 g/mol. The molecule has 0 radical (unpaired) electrons. The number of hydrogen-bond donors (Lipinski definition) is 2. The fourth-order valence-corrected chi connectivity index (χ4v) is 2.12. The van der Waals surface area contributed by atoms with Crippen molar-refractivity contribution in [2.45, 2.75) is 6.42 Å². The van der Waals surface area contributed by atoms with Crippen molar-refractivity contribution in [3.63, 3.8) is 0 Å². The van der Waals surface area contributed by atoms with Crippen molar-refractivity contribution in [3.8, 4) is 0 Å². The first-order valence-electron chi connectivity index (χ1n) is 4.00. The molecule has 0 aliphatic heterocycles. The van der Waals surface area contributed by atoms with Gasteiger partial charge in [-0.25, -0.2) is 0 Å². The zero-order chi connectivity index (χ0) is 10.6. The molecule has 5 heteroatoms. The van der Waals surface area contributed by atoms with Crippen molar-refractivity contribution in [2.75, 3.05) is 11.9 Å². The quantitative estimate of drug-likeness (QED) is 0.895. The zero-order valence-corrected chi connectivity index (χ0v) is 10.4. The van der Waals surface area contributed by atoms with Crippen LogP contribution in [0.15, 0.2) is 27.1 Å². The molecule has 0 aliphatic rings. The Morgan fingerprint density at radius 1 is 1.43 bits per heavy atom. The van der Waals surface area contributed by atoms with Crippen molar-refractivity contribution in [2.24, 2.45) is 0 Å². The lowest BCUT2D eigenvalue weighted by Crippen LogP contribution is -2.07. The van der Waals surface area contributed by atoms with E-state index in [1.54, 1.807) is 0 Å². The molecule has 1 rings (SSSR count). The summed E-state index contributed by atoms with van der Waals surface area (Å²) in [4.78, 5) is 10.3. The summed E-state index contributed by atoms with van der Waals surface area (Å²) in [5.41, 5.74) is 0.898. The van der Waals surface area contributed by atoms with Gasteiger partial charge >= 0.3 is 5.97 Å². The summed E-state index contributed by atoms with van der Waals surface area (Å²) < 4.78 is 1.89. The second-order valence-electron chi connectivity index (χ2n) is 2.69. The second kappa shape index (κ2) is 5.36. The number of benzene rings is 1. The predicted octanol–water partition coefficient (Wildman–Crippen LogP) is 3.10.